The highest BCUT2D eigenvalue weighted by Crippen LogP contribution is 2.37. The number of carbonyl (C=O) groups is 1. The Morgan fingerprint density at radius 3 is 2.75 bits per heavy atom. The number of hydrogen-bond acceptors (Lipinski definition) is 7. The van der Waals surface area contributed by atoms with Gasteiger partial charge in [-0.15, -0.1) is 0 Å². The fourth-order valence-electron chi connectivity index (χ4n) is 4.76. The molecule has 0 aliphatic carbocycles. The SMILES string of the molecule is CC(N)=O.c1cnc2nc(Oc3ccc4cc(CN5[C@@H]6CCC[C@H]5CC6)oc4c3)sc2c1. The number of nitrogens with zero attached hydrogens (tertiary/aromatic N) is 3. The number of carbonyl (C=O) groups excluding carboxylic acids is 1. The topological polar surface area (TPSA) is 94.5 Å². The summed E-state index contributed by atoms with van der Waals surface area (Å²) in [5, 5.41) is 1.72. The molecule has 32 heavy (non-hydrogen) atoms. The van der Waals surface area contributed by atoms with E-state index in [0.29, 0.717) is 5.19 Å². The van der Waals surface area contributed by atoms with Crippen LogP contribution in [0.15, 0.2) is 47.0 Å². The van der Waals surface area contributed by atoms with Gasteiger partial charge in [0, 0.05) is 36.7 Å². The normalized spacial score (nSPS) is 20.3. The Morgan fingerprint density at radius 1 is 1.22 bits per heavy atom. The molecule has 4 aromatic rings. The minimum Gasteiger partial charge on any atom is -0.460 e. The molecule has 1 amide bonds. The predicted octanol–water partition coefficient (Wildman–Crippen LogP) is 5.24. The van der Waals surface area contributed by atoms with Crippen molar-refractivity contribution in [3.8, 4) is 10.9 Å². The van der Waals surface area contributed by atoms with E-state index in [2.05, 4.69) is 32.7 Å². The minimum absolute atomic E-state index is 0.333. The van der Waals surface area contributed by atoms with E-state index in [1.807, 2.05) is 24.3 Å². The molecular weight excluding hydrogens is 424 g/mol. The number of fused-ring (bicyclic) bond motifs is 4. The fourth-order valence-corrected chi connectivity index (χ4v) is 5.56. The quantitative estimate of drug-likeness (QED) is 0.457. The van der Waals surface area contributed by atoms with Gasteiger partial charge in [-0.3, -0.25) is 9.69 Å². The summed E-state index contributed by atoms with van der Waals surface area (Å²) in [5.41, 5.74) is 6.07. The van der Waals surface area contributed by atoms with Crippen LogP contribution in [0.4, 0.5) is 0 Å². The number of amides is 1. The van der Waals surface area contributed by atoms with Gasteiger partial charge in [-0.1, -0.05) is 17.8 Å². The van der Waals surface area contributed by atoms with Gasteiger partial charge in [0.05, 0.1) is 11.2 Å². The zero-order valence-electron chi connectivity index (χ0n) is 18.0. The van der Waals surface area contributed by atoms with Crippen LogP contribution in [0.3, 0.4) is 0 Å². The number of piperidine rings is 1. The van der Waals surface area contributed by atoms with Gasteiger partial charge in [0.2, 0.25) is 5.91 Å². The van der Waals surface area contributed by atoms with Gasteiger partial charge in [0.25, 0.3) is 5.19 Å². The van der Waals surface area contributed by atoms with E-state index in [1.54, 1.807) is 6.20 Å². The molecule has 1 aromatic carbocycles. The standard InChI is InChI=1S/C22H21N3O2S.C2H5NO/c1-3-15-7-8-16(4-1)25(15)13-18-11-14-6-9-17(12-19(14)26-18)27-22-24-21-20(28-22)5-2-10-23-21;1-2(3)4/h2,5-6,9-12,15-16H,1,3-4,7-8,13H2;1H3,(H2,3,4)/t15-,16+;. The average Bonchev–Trinajstić information content (AvgIpc) is 3.40. The number of primary amides is 1. The zero-order valence-corrected chi connectivity index (χ0v) is 18.8. The van der Waals surface area contributed by atoms with Gasteiger partial charge in [0.15, 0.2) is 5.65 Å². The highest BCUT2D eigenvalue weighted by atomic mass is 32.1. The number of benzene rings is 1. The number of hydrogen-bond donors (Lipinski definition) is 1. The van der Waals surface area contributed by atoms with Gasteiger partial charge < -0.3 is 14.9 Å². The molecule has 0 radical (unpaired) electrons. The lowest BCUT2D eigenvalue weighted by Gasteiger charge is -2.33. The summed E-state index contributed by atoms with van der Waals surface area (Å²) < 4.78 is 13.2. The number of thiazole rings is 1. The molecular formula is C24H26N4O3S. The van der Waals surface area contributed by atoms with E-state index in [4.69, 9.17) is 9.15 Å². The molecule has 3 aromatic heterocycles. The lowest BCUT2D eigenvalue weighted by atomic mass is 10.0. The van der Waals surface area contributed by atoms with Crippen molar-refractivity contribution in [2.45, 2.75) is 57.7 Å². The molecule has 0 saturated carbocycles. The van der Waals surface area contributed by atoms with E-state index in [9.17, 15) is 4.79 Å². The molecule has 2 bridgehead atoms. The van der Waals surface area contributed by atoms with Crippen molar-refractivity contribution < 1.29 is 13.9 Å². The van der Waals surface area contributed by atoms with Crippen molar-refractivity contribution in [2.75, 3.05) is 0 Å². The highest BCUT2D eigenvalue weighted by molar-refractivity contribution is 7.20. The maximum Gasteiger partial charge on any atom is 0.281 e. The Balaban J connectivity index is 0.000000501. The Labute approximate surface area is 190 Å². The summed E-state index contributed by atoms with van der Waals surface area (Å²) in [6, 6.07) is 13.6. The lowest BCUT2D eigenvalue weighted by Crippen LogP contribution is -2.38. The molecule has 2 saturated heterocycles. The van der Waals surface area contributed by atoms with Crippen LogP contribution in [0, 0.1) is 0 Å². The maximum atomic E-state index is 9.22. The number of furan rings is 1. The smallest absolute Gasteiger partial charge is 0.281 e. The van der Waals surface area contributed by atoms with Crippen LogP contribution >= 0.6 is 11.3 Å². The largest absolute Gasteiger partial charge is 0.460 e. The molecule has 7 nitrogen and oxygen atoms in total. The van der Waals surface area contributed by atoms with Gasteiger partial charge in [-0.25, -0.2) is 4.98 Å². The lowest BCUT2D eigenvalue weighted by molar-refractivity contribution is -0.115. The van der Waals surface area contributed by atoms with Crippen LogP contribution in [0.5, 0.6) is 10.9 Å². The van der Waals surface area contributed by atoms with Crippen molar-refractivity contribution >= 4 is 38.6 Å². The van der Waals surface area contributed by atoms with E-state index in [-0.39, 0.29) is 5.91 Å². The number of aromatic nitrogens is 2. The highest BCUT2D eigenvalue weighted by Gasteiger charge is 2.36. The van der Waals surface area contributed by atoms with Crippen LogP contribution in [-0.2, 0) is 11.3 Å². The summed E-state index contributed by atoms with van der Waals surface area (Å²) in [6.07, 6.45) is 8.50. The summed E-state index contributed by atoms with van der Waals surface area (Å²) in [4.78, 5) is 20.6. The van der Waals surface area contributed by atoms with E-state index in [0.717, 1.165) is 51.5 Å². The molecule has 2 N–H and O–H groups in total. The molecule has 2 atom stereocenters. The Morgan fingerprint density at radius 2 is 2.00 bits per heavy atom. The van der Waals surface area contributed by atoms with Gasteiger partial charge >= 0.3 is 0 Å². The third-order valence-electron chi connectivity index (χ3n) is 6.08. The molecule has 5 heterocycles. The first-order valence-electron chi connectivity index (χ1n) is 11.0. The Kier molecular flexibility index (Phi) is 5.80. The van der Waals surface area contributed by atoms with Crippen molar-refractivity contribution in [1.29, 1.82) is 0 Å². The maximum absolute atomic E-state index is 9.22. The first-order valence-corrected chi connectivity index (χ1v) is 11.8. The number of ether oxygens (including phenoxy) is 1. The van der Waals surface area contributed by atoms with Crippen LogP contribution in [-0.4, -0.2) is 32.9 Å². The first-order chi connectivity index (χ1) is 15.5. The second kappa shape index (κ2) is 8.88. The third-order valence-corrected chi connectivity index (χ3v) is 6.97. The van der Waals surface area contributed by atoms with E-state index >= 15 is 0 Å². The Hall–Kier alpha value is -2.97. The first kappa shape index (κ1) is 20.9. The molecule has 2 fully saturated rings. The van der Waals surface area contributed by atoms with Gasteiger partial charge in [0.1, 0.15) is 17.1 Å². The molecule has 0 spiro atoms. The fraction of sp³-hybridized carbons (Fsp3) is 0.375. The van der Waals surface area contributed by atoms with Gasteiger partial charge in [-0.2, -0.15) is 4.98 Å². The summed E-state index contributed by atoms with van der Waals surface area (Å²) >= 11 is 1.50. The molecule has 2 aliphatic heterocycles. The average molecular weight is 451 g/mol. The summed E-state index contributed by atoms with van der Waals surface area (Å²) in [7, 11) is 0. The Bertz CT molecular complexity index is 1200. The minimum atomic E-state index is -0.333. The zero-order chi connectivity index (χ0) is 22.1. The molecule has 0 unspecified atom stereocenters. The van der Waals surface area contributed by atoms with Gasteiger partial charge in [-0.05, 0) is 56.0 Å². The van der Waals surface area contributed by atoms with Crippen molar-refractivity contribution in [1.82, 2.24) is 14.9 Å². The number of rotatable bonds is 4. The molecule has 166 valence electrons. The third kappa shape index (κ3) is 4.47. The predicted molar refractivity (Wildman–Crippen MR) is 125 cm³/mol. The molecule has 2 aliphatic rings. The van der Waals surface area contributed by atoms with Crippen LogP contribution in [0.1, 0.15) is 44.8 Å². The van der Waals surface area contributed by atoms with Crippen LogP contribution < -0.4 is 10.5 Å². The van der Waals surface area contributed by atoms with Crippen molar-refractivity contribution in [2.24, 2.45) is 5.73 Å². The molecule has 8 heteroatoms. The van der Waals surface area contributed by atoms with Crippen LogP contribution in [0.25, 0.3) is 21.3 Å². The second-order valence-corrected chi connectivity index (χ2v) is 9.41. The van der Waals surface area contributed by atoms with E-state index < -0.39 is 0 Å². The van der Waals surface area contributed by atoms with Crippen molar-refractivity contribution in [3.05, 3.63) is 48.4 Å². The van der Waals surface area contributed by atoms with E-state index in [1.165, 1.54) is 50.4 Å². The summed E-state index contributed by atoms with van der Waals surface area (Å²) in [5.74, 6) is 1.46. The second-order valence-electron chi connectivity index (χ2n) is 8.42. The summed E-state index contributed by atoms with van der Waals surface area (Å²) in [6.45, 7) is 2.23. The number of nitrogens with two attached hydrogens (primary N) is 1. The number of pyridine rings is 1. The monoisotopic (exact) mass is 450 g/mol. The molecule has 6 rings (SSSR count). The van der Waals surface area contributed by atoms with Crippen LogP contribution in [0.2, 0.25) is 0 Å². The van der Waals surface area contributed by atoms with Crippen molar-refractivity contribution in [3.63, 3.8) is 0 Å².